The van der Waals surface area contributed by atoms with Crippen molar-refractivity contribution in [1.29, 1.82) is 5.26 Å². The molecule has 2 rings (SSSR count). The number of benzene rings is 2. The van der Waals surface area contributed by atoms with E-state index in [9.17, 15) is 0 Å². The minimum atomic E-state index is 0.448. The van der Waals surface area contributed by atoms with Crippen LogP contribution in [0.4, 0.5) is 11.4 Å². The van der Waals surface area contributed by atoms with Gasteiger partial charge in [0.2, 0.25) is 0 Å². The van der Waals surface area contributed by atoms with Gasteiger partial charge in [-0.05, 0) is 0 Å². The number of aliphatic imine (C=N–C) groups is 1. The fourth-order valence-electron chi connectivity index (χ4n) is 1.90. The predicted molar refractivity (Wildman–Crippen MR) is 88.0 cm³/mol. The average molecular weight is 341 g/mol. The first kappa shape index (κ1) is 15.3. The van der Waals surface area contributed by atoms with E-state index in [2.05, 4.69) is 34.0 Å². The molecule has 0 fully saturated rings. The van der Waals surface area contributed by atoms with Crippen LogP contribution < -0.4 is 4.90 Å². The Morgan fingerprint density at radius 1 is 1.14 bits per heavy atom. The number of rotatable bonds is 4. The van der Waals surface area contributed by atoms with Crippen LogP contribution in [0.15, 0.2) is 59.6 Å². The van der Waals surface area contributed by atoms with Crippen molar-refractivity contribution in [3.63, 3.8) is 0 Å². The van der Waals surface area contributed by atoms with E-state index in [0.29, 0.717) is 13.0 Å². The summed E-state index contributed by atoms with van der Waals surface area (Å²) in [6.45, 7) is 2.66. The summed E-state index contributed by atoms with van der Waals surface area (Å²) in [6.07, 6.45) is 0.448. The molecule has 2 aromatic rings. The first-order valence-corrected chi connectivity index (χ1v) is 7.58. The Labute approximate surface area is 133 Å². The summed E-state index contributed by atoms with van der Waals surface area (Å²) in [5, 5.41) is 8.84. The van der Waals surface area contributed by atoms with Gasteiger partial charge in [0.15, 0.2) is 0 Å². The zero-order valence-electron chi connectivity index (χ0n) is 11.9. The molecular weight excluding hydrogens is 325 g/mol. The van der Waals surface area contributed by atoms with Crippen LogP contribution >= 0.6 is 0 Å². The summed E-state index contributed by atoms with van der Waals surface area (Å²) in [4.78, 5) is 6.62. The molecular formula is C17H16N3Se. The van der Waals surface area contributed by atoms with Gasteiger partial charge in [0, 0.05) is 0 Å². The number of nitrogens with zero attached hydrogens (tertiary/aromatic N) is 3. The number of amidine groups is 1. The van der Waals surface area contributed by atoms with Crippen molar-refractivity contribution in [3.8, 4) is 6.07 Å². The molecule has 0 heterocycles. The zero-order chi connectivity index (χ0) is 15.1. The molecule has 3 nitrogen and oxygen atoms in total. The number of aryl methyl sites for hydroxylation is 1. The first-order valence-electron chi connectivity index (χ1n) is 6.72. The minimum absolute atomic E-state index is 0.448. The molecule has 21 heavy (non-hydrogen) atoms. The van der Waals surface area contributed by atoms with Crippen LogP contribution in [0.5, 0.6) is 0 Å². The molecule has 0 saturated carbocycles. The Morgan fingerprint density at radius 3 is 2.43 bits per heavy atom. The number of hydrogen-bond acceptors (Lipinski definition) is 2. The van der Waals surface area contributed by atoms with Gasteiger partial charge in [-0.1, -0.05) is 0 Å². The van der Waals surface area contributed by atoms with E-state index < -0.39 is 0 Å². The molecule has 0 bridgehead atoms. The van der Waals surface area contributed by atoms with Gasteiger partial charge < -0.3 is 0 Å². The number of para-hydroxylation sites is 1. The van der Waals surface area contributed by atoms with Crippen molar-refractivity contribution >= 4 is 32.1 Å². The molecule has 0 amide bonds. The molecule has 0 spiro atoms. The molecule has 1 radical (unpaired) electrons. The van der Waals surface area contributed by atoms with Crippen LogP contribution in [0.1, 0.15) is 12.0 Å². The number of hydrogen-bond donors (Lipinski definition) is 0. The van der Waals surface area contributed by atoms with Crippen LogP contribution in [0.2, 0.25) is 0 Å². The van der Waals surface area contributed by atoms with Gasteiger partial charge in [0.05, 0.1) is 0 Å². The van der Waals surface area contributed by atoms with Crippen molar-refractivity contribution < 1.29 is 0 Å². The predicted octanol–water partition coefficient (Wildman–Crippen LogP) is 3.57. The Balaban J connectivity index is 2.27. The Bertz CT molecular complexity index is 642. The molecule has 0 aromatic heterocycles. The third-order valence-electron chi connectivity index (χ3n) is 3.00. The summed E-state index contributed by atoms with van der Waals surface area (Å²) in [5.41, 5.74) is 3.13. The van der Waals surface area contributed by atoms with Crippen molar-refractivity contribution in [3.05, 3.63) is 60.2 Å². The third-order valence-corrected chi connectivity index (χ3v) is 3.66. The molecule has 0 N–H and O–H groups in total. The Hall–Kier alpha value is -2.08. The van der Waals surface area contributed by atoms with Crippen LogP contribution in [0.25, 0.3) is 0 Å². The first-order chi connectivity index (χ1) is 10.2. The quantitative estimate of drug-likeness (QED) is 0.484. The fraction of sp³-hybridized carbons (Fsp3) is 0.176. The van der Waals surface area contributed by atoms with E-state index in [1.807, 2.05) is 59.5 Å². The maximum absolute atomic E-state index is 8.84. The van der Waals surface area contributed by atoms with Gasteiger partial charge in [-0.3, -0.25) is 0 Å². The summed E-state index contributed by atoms with van der Waals surface area (Å²) < 4.78 is 0.764. The molecule has 0 saturated heterocycles. The van der Waals surface area contributed by atoms with Gasteiger partial charge in [-0.25, -0.2) is 0 Å². The molecule has 0 aliphatic rings. The van der Waals surface area contributed by atoms with E-state index in [-0.39, 0.29) is 0 Å². The summed E-state index contributed by atoms with van der Waals surface area (Å²) in [5.74, 6) is 0. The third kappa shape index (κ3) is 4.46. The molecule has 0 unspecified atom stereocenters. The molecule has 105 valence electrons. The van der Waals surface area contributed by atoms with E-state index in [1.54, 1.807) is 0 Å². The molecule has 0 aliphatic heterocycles. The van der Waals surface area contributed by atoms with Crippen LogP contribution in [0, 0.1) is 18.3 Å². The number of anilines is 1. The van der Waals surface area contributed by atoms with Gasteiger partial charge in [0.1, 0.15) is 0 Å². The van der Waals surface area contributed by atoms with E-state index >= 15 is 0 Å². The second-order valence-corrected chi connectivity index (χ2v) is 5.39. The van der Waals surface area contributed by atoms with E-state index in [0.717, 1.165) is 16.1 Å². The Kier molecular flexibility index (Phi) is 5.57. The van der Waals surface area contributed by atoms with Gasteiger partial charge >= 0.3 is 133 Å². The van der Waals surface area contributed by atoms with Crippen molar-refractivity contribution in [2.75, 3.05) is 11.4 Å². The Morgan fingerprint density at radius 2 is 1.81 bits per heavy atom. The normalized spacial score (nSPS) is 11.0. The molecule has 0 aliphatic carbocycles. The fourth-order valence-corrected chi connectivity index (χ4v) is 2.53. The van der Waals surface area contributed by atoms with Crippen molar-refractivity contribution in [2.24, 2.45) is 4.99 Å². The average Bonchev–Trinajstić information content (AvgIpc) is 2.51. The van der Waals surface area contributed by atoms with Gasteiger partial charge in [0.25, 0.3) is 0 Å². The second-order valence-electron chi connectivity index (χ2n) is 4.63. The monoisotopic (exact) mass is 342 g/mol. The topological polar surface area (TPSA) is 39.4 Å². The van der Waals surface area contributed by atoms with Gasteiger partial charge in [-0.2, -0.15) is 0 Å². The van der Waals surface area contributed by atoms with Crippen molar-refractivity contribution in [1.82, 2.24) is 0 Å². The summed E-state index contributed by atoms with van der Waals surface area (Å²) in [6, 6.07) is 20.2. The molecule has 0 atom stereocenters. The summed E-state index contributed by atoms with van der Waals surface area (Å²) in [7, 11) is 0. The molecule has 2 aromatic carbocycles. The van der Waals surface area contributed by atoms with E-state index in [4.69, 9.17) is 5.26 Å². The number of nitriles is 1. The second kappa shape index (κ2) is 7.64. The van der Waals surface area contributed by atoms with Crippen LogP contribution in [-0.2, 0) is 0 Å². The van der Waals surface area contributed by atoms with Gasteiger partial charge in [-0.15, -0.1) is 0 Å². The maximum atomic E-state index is 8.84. The molecule has 4 heteroatoms. The SMILES string of the molecule is Cc1ccc(N=C([Se])N(CCC#N)c2ccccc2)cc1. The summed E-state index contributed by atoms with van der Waals surface area (Å²) >= 11 is 3.01. The standard InChI is InChI=1S/C17H16N3Se/c1-14-8-10-15(11-9-14)19-17(21)20(13-5-12-18)16-6-3-2-4-7-16/h2-4,6-11H,5,13H2,1H3. The van der Waals surface area contributed by atoms with Crippen LogP contribution in [-0.4, -0.2) is 27.3 Å². The van der Waals surface area contributed by atoms with E-state index in [1.165, 1.54) is 5.56 Å². The van der Waals surface area contributed by atoms with Crippen molar-refractivity contribution in [2.45, 2.75) is 13.3 Å². The zero-order valence-corrected chi connectivity index (χ0v) is 13.6. The van der Waals surface area contributed by atoms with Crippen LogP contribution in [0.3, 0.4) is 0 Å².